The molecule has 0 bridgehead atoms. The molecule has 1 aliphatic carbocycles. The number of aromatic nitrogens is 3. The molecule has 2 aromatic heterocycles. The lowest BCUT2D eigenvalue weighted by Gasteiger charge is -2.35. The average molecular weight is 423 g/mol. The van der Waals surface area contributed by atoms with Crippen molar-refractivity contribution < 1.29 is 19.1 Å². The smallest absolute Gasteiger partial charge is 0.415 e. The van der Waals surface area contributed by atoms with Crippen LogP contribution >= 0.6 is 11.6 Å². The number of carbonyl (C=O) groups is 2. The third-order valence-electron chi connectivity index (χ3n) is 4.91. The van der Waals surface area contributed by atoms with Gasteiger partial charge in [0.15, 0.2) is 11.4 Å². The minimum Gasteiger partial charge on any atom is -0.443 e. The van der Waals surface area contributed by atoms with Crippen molar-refractivity contribution in [3.63, 3.8) is 0 Å². The Morgan fingerprint density at radius 2 is 2.07 bits per heavy atom. The number of Topliss-reactive ketones (excluding diaryl/α,β-unsaturated/α-hetero) is 1. The summed E-state index contributed by atoms with van der Waals surface area (Å²) in [6, 6.07) is 1.51. The van der Waals surface area contributed by atoms with E-state index < -0.39 is 11.7 Å². The summed E-state index contributed by atoms with van der Waals surface area (Å²) in [5, 5.41) is 4.44. The lowest BCUT2D eigenvalue weighted by molar-refractivity contribution is -0.0407. The van der Waals surface area contributed by atoms with Crippen LogP contribution in [0.4, 0.5) is 10.6 Å². The third kappa shape index (κ3) is 4.70. The average Bonchev–Trinajstić information content (AvgIpc) is 3.04. The standard InChI is InChI=1S/C20H27ClN4O4/c1-6-28-15-8-7-12(15)9-14(26)13-11-22-25-17(10-16(21)23-18(13)25)24(5)19(27)29-20(2,3)4/h10-12,15H,6-9H2,1-5H3/t12-,15+/m0/s1. The topological polar surface area (TPSA) is 86.0 Å². The number of nitrogens with zero attached hydrogens (tertiary/aromatic N) is 4. The molecule has 1 saturated carbocycles. The first-order chi connectivity index (χ1) is 13.6. The van der Waals surface area contributed by atoms with Crippen LogP contribution in [0, 0.1) is 5.92 Å². The van der Waals surface area contributed by atoms with Gasteiger partial charge in [-0.15, -0.1) is 0 Å². The van der Waals surface area contributed by atoms with Crippen molar-refractivity contribution in [3.8, 4) is 0 Å². The van der Waals surface area contributed by atoms with Crippen LogP contribution < -0.4 is 4.90 Å². The first-order valence-corrected chi connectivity index (χ1v) is 10.1. The van der Waals surface area contributed by atoms with Gasteiger partial charge in [-0.3, -0.25) is 9.69 Å². The molecule has 1 aliphatic rings. The van der Waals surface area contributed by atoms with Crippen LogP contribution in [-0.2, 0) is 9.47 Å². The van der Waals surface area contributed by atoms with Crippen molar-refractivity contribution >= 4 is 34.9 Å². The van der Waals surface area contributed by atoms with Crippen molar-refractivity contribution in [1.29, 1.82) is 0 Å². The summed E-state index contributed by atoms with van der Waals surface area (Å²) in [4.78, 5) is 30.9. The van der Waals surface area contributed by atoms with Gasteiger partial charge < -0.3 is 9.47 Å². The van der Waals surface area contributed by atoms with E-state index in [4.69, 9.17) is 21.1 Å². The number of hydrogen-bond donors (Lipinski definition) is 0. The minimum absolute atomic E-state index is 0.0601. The molecule has 8 nitrogen and oxygen atoms in total. The van der Waals surface area contributed by atoms with E-state index in [0.717, 1.165) is 12.8 Å². The maximum absolute atomic E-state index is 12.9. The summed E-state index contributed by atoms with van der Waals surface area (Å²) in [5.74, 6) is 0.514. The fourth-order valence-corrected chi connectivity index (χ4v) is 3.51. The van der Waals surface area contributed by atoms with E-state index in [1.54, 1.807) is 27.8 Å². The number of ketones is 1. The van der Waals surface area contributed by atoms with Crippen molar-refractivity contribution in [2.45, 2.75) is 58.7 Å². The van der Waals surface area contributed by atoms with Gasteiger partial charge >= 0.3 is 6.09 Å². The zero-order chi connectivity index (χ0) is 21.3. The highest BCUT2D eigenvalue weighted by Gasteiger charge is 2.34. The fourth-order valence-electron chi connectivity index (χ4n) is 3.33. The largest absolute Gasteiger partial charge is 0.443 e. The van der Waals surface area contributed by atoms with Gasteiger partial charge in [-0.1, -0.05) is 11.6 Å². The second-order valence-electron chi connectivity index (χ2n) is 8.23. The van der Waals surface area contributed by atoms with Crippen LogP contribution in [0.2, 0.25) is 5.15 Å². The van der Waals surface area contributed by atoms with E-state index >= 15 is 0 Å². The summed E-state index contributed by atoms with van der Waals surface area (Å²) < 4.78 is 12.5. The van der Waals surface area contributed by atoms with Crippen LogP contribution in [0.3, 0.4) is 0 Å². The molecule has 0 aliphatic heterocycles. The molecule has 0 aromatic carbocycles. The second kappa shape index (κ2) is 8.28. The molecule has 0 spiro atoms. The molecule has 1 amide bonds. The van der Waals surface area contributed by atoms with Gasteiger partial charge in [-0.05, 0) is 46.5 Å². The molecule has 158 valence electrons. The van der Waals surface area contributed by atoms with Crippen molar-refractivity contribution in [3.05, 3.63) is 23.0 Å². The van der Waals surface area contributed by atoms with Gasteiger partial charge in [0.2, 0.25) is 0 Å². The highest BCUT2D eigenvalue weighted by molar-refractivity contribution is 6.30. The first-order valence-electron chi connectivity index (χ1n) is 9.76. The molecule has 2 heterocycles. The Kier molecular flexibility index (Phi) is 6.14. The van der Waals surface area contributed by atoms with Gasteiger partial charge in [0.1, 0.15) is 16.6 Å². The molecule has 3 rings (SSSR count). The highest BCUT2D eigenvalue weighted by Crippen LogP contribution is 2.34. The minimum atomic E-state index is -0.646. The predicted molar refractivity (Wildman–Crippen MR) is 110 cm³/mol. The van der Waals surface area contributed by atoms with E-state index in [2.05, 4.69) is 10.1 Å². The molecule has 0 radical (unpaired) electrons. The first kappa shape index (κ1) is 21.5. The van der Waals surface area contributed by atoms with Gasteiger partial charge in [0.05, 0.1) is 17.9 Å². The Hall–Kier alpha value is -2.19. The van der Waals surface area contributed by atoms with E-state index in [1.165, 1.54) is 21.7 Å². The Bertz CT molecular complexity index is 921. The summed E-state index contributed by atoms with van der Waals surface area (Å²) in [5.41, 5.74) is 0.0561. The van der Waals surface area contributed by atoms with Crippen LogP contribution in [0.25, 0.3) is 5.65 Å². The van der Waals surface area contributed by atoms with Gasteiger partial charge in [0.25, 0.3) is 0 Å². The predicted octanol–water partition coefficient (Wildman–Crippen LogP) is 4.14. The maximum atomic E-state index is 12.9. The van der Waals surface area contributed by atoms with E-state index in [1.807, 2.05) is 6.92 Å². The van der Waals surface area contributed by atoms with E-state index in [-0.39, 0.29) is 23.0 Å². The highest BCUT2D eigenvalue weighted by atomic mass is 35.5. The second-order valence-corrected chi connectivity index (χ2v) is 8.62. The van der Waals surface area contributed by atoms with Crippen molar-refractivity contribution in [2.24, 2.45) is 5.92 Å². The van der Waals surface area contributed by atoms with Crippen LogP contribution in [0.15, 0.2) is 12.3 Å². The molecule has 0 saturated heterocycles. The Morgan fingerprint density at radius 1 is 1.34 bits per heavy atom. The van der Waals surface area contributed by atoms with Crippen molar-refractivity contribution in [1.82, 2.24) is 14.6 Å². The number of hydrogen-bond acceptors (Lipinski definition) is 6. The van der Waals surface area contributed by atoms with Gasteiger partial charge in [0, 0.05) is 26.1 Å². The summed E-state index contributed by atoms with van der Waals surface area (Å²) in [6.07, 6.45) is 3.38. The van der Waals surface area contributed by atoms with E-state index in [9.17, 15) is 9.59 Å². The number of halogens is 1. The molecule has 9 heteroatoms. The zero-order valence-electron chi connectivity index (χ0n) is 17.4. The monoisotopic (exact) mass is 422 g/mol. The lowest BCUT2D eigenvalue weighted by Crippen LogP contribution is -2.35. The number of anilines is 1. The van der Waals surface area contributed by atoms with Gasteiger partial charge in [-0.2, -0.15) is 9.61 Å². The third-order valence-corrected chi connectivity index (χ3v) is 5.10. The number of rotatable bonds is 6. The maximum Gasteiger partial charge on any atom is 0.415 e. The molecule has 0 unspecified atom stereocenters. The summed E-state index contributed by atoms with van der Waals surface area (Å²) in [6.45, 7) is 7.96. The summed E-state index contributed by atoms with van der Waals surface area (Å²) in [7, 11) is 1.56. The number of ether oxygens (including phenoxy) is 2. The molecular weight excluding hydrogens is 396 g/mol. The molecule has 0 N–H and O–H groups in total. The molecule has 2 aromatic rings. The normalized spacial score (nSPS) is 19.1. The Morgan fingerprint density at radius 3 is 2.66 bits per heavy atom. The molecule has 2 atom stereocenters. The van der Waals surface area contributed by atoms with E-state index in [0.29, 0.717) is 30.1 Å². The zero-order valence-corrected chi connectivity index (χ0v) is 18.2. The number of fused-ring (bicyclic) bond motifs is 1. The molecule has 29 heavy (non-hydrogen) atoms. The molecular formula is C20H27ClN4O4. The van der Waals surface area contributed by atoms with Crippen LogP contribution in [0.1, 0.15) is 57.3 Å². The van der Waals surface area contributed by atoms with Crippen molar-refractivity contribution in [2.75, 3.05) is 18.6 Å². The van der Waals surface area contributed by atoms with Crippen LogP contribution in [-0.4, -0.2) is 51.8 Å². The van der Waals surface area contributed by atoms with Crippen LogP contribution in [0.5, 0.6) is 0 Å². The number of carbonyl (C=O) groups excluding carboxylic acids is 2. The number of amides is 1. The lowest BCUT2D eigenvalue weighted by atomic mass is 9.78. The SMILES string of the molecule is CCO[C@@H]1CC[C@H]1CC(=O)c1cnn2c(N(C)C(=O)OC(C)(C)C)cc(Cl)nc12. The van der Waals surface area contributed by atoms with Gasteiger partial charge in [-0.25, -0.2) is 9.78 Å². The quantitative estimate of drug-likeness (QED) is 0.513. The Balaban J connectivity index is 1.87. The fraction of sp³-hybridized carbons (Fsp3) is 0.600. The molecule has 1 fully saturated rings. The Labute approximate surface area is 175 Å². The summed E-state index contributed by atoms with van der Waals surface area (Å²) >= 11 is 6.19.